The molecule has 106 valence electrons. The molecule has 0 radical (unpaired) electrons. The van der Waals surface area contributed by atoms with Gasteiger partial charge in [0, 0.05) is 0 Å². The van der Waals surface area contributed by atoms with Gasteiger partial charge in [0.25, 0.3) is 0 Å². The Kier molecular flexibility index (Phi) is 5.25. The van der Waals surface area contributed by atoms with Crippen molar-refractivity contribution < 1.29 is 0 Å². The van der Waals surface area contributed by atoms with Crippen molar-refractivity contribution in [2.75, 3.05) is 0 Å². The summed E-state index contributed by atoms with van der Waals surface area (Å²) in [5.41, 5.74) is 5.25. The molecule has 0 aliphatic rings. The highest BCUT2D eigenvalue weighted by molar-refractivity contribution is 6.20. The Labute approximate surface area is 127 Å². The number of hydrogen-bond donors (Lipinski definition) is 0. The zero-order valence-corrected chi connectivity index (χ0v) is 13.3. The molecule has 0 aliphatic heterocycles. The second kappa shape index (κ2) is 6.95. The maximum absolute atomic E-state index is 6.57. The van der Waals surface area contributed by atoms with Crippen LogP contribution in [0.2, 0.25) is 0 Å². The van der Waals surface area contributed by atoms with E-state index in [2.05, 4.69) is 69.3 Å². The second-order valence-corrected chi connectivity index (χ2v) is 6.46. The van der Waals surface area contributed by atoms with Crippen LogP contribution in [-0.2, 0) is 12.8 Å². The third kappa shape index (κ3) is 4.11. The summed E-state index contributed by atoms with van der Waals surface area (Å²) in [6, 6.07) is 17.2. The van der Waals surface area contributed by atoms with Crippen LogP contribution in [0.25, 0.3) is 0 Å². The molecule has 2 aromatic rings. The van der Waals surface area contributed by atoms with Gasteiger partial charge in [-0.1, -0.05) is 62.4 Å². The van der Waals surface area contributed by atoms with Gasteiger partial charge in [-0.3, -0.25) is 0 Å². The smallest absolute Gasteiger partial charge is 0.0625 e. The van der Waals surface area contributed by atoms with Crippen molar-refractivity contribution in [2.24, 2.45) is 5.92 Å². The molecule has 0 saturated carbocycles. The molecule has 0 amide bonds. The van der Waals surface area contributed by atoms with Gasteiger partial charge in [-0.2, -0.15) is 0 Å². The minimum atomic E-state index is 0.0456. The highest BCUT2D eigenvalue weighted by Crippen LogP contribution is 2.26. The summed E-state index contributed by atoms with van der Waals surface area (Å²) in [6.07, 6.45) is 2.02. The number of halogens is 1. The predicted octanol–water partition coefficient (Wildman–Crippen LogP) is 5.72. The topological polar surface area (TPSA) is 0 Å². The van der Waals surface area contributed by atoms with Crippen LogP contribution in [0.3, 0.4) is 0 Å². The van der Waals surface area contributed by atoms with Crippen LogP contribution in [0.4, 0.5) is 0 Å². The molecular formula is C19H23Cl. The maximum atomic E-state index is 6.57. The van der Waals surface area contributed by atoms with Gasteiger partial charge in [0.1, 0.15) is 0 Å². The maximum Gasteiger partial charge on any atom is 0.0625 e. The molecule has 0 aliphatic carbocycles. The molecule has 0 nitrogen and oxygen atoms in total. The van der Waals surface area contributed by atoms with Crippen molar-refractivity contribution in [1.29, 1.82) is 0 Å². The first-order valence-electron chi connectivity index (χ1n) is 7.33. The van der Waals surface area contributed by atoms with E-state index in [9.17, 15) is 0 Å². The Balaban J connectivity index is 2.06. The molecule has 0 N–H and O–H groups in total. The van der Waals surface area contributed by atoms with Crippen LogP contribution < -0.4 is 0 Å². The van der Waals surface area contributed by atoms with Crippen LogP contribution in [0.1, 0.15) is 41.5 Å². The lowest BCUT2D eigenvalue weighted by atomic mass is 9.97. The summed E-state index contributed by atoms with van der Waals surface area (Å²) in [5, 5.41) is 0.0456. The standard InChI is InChI=1S/C19H23Cl/c1-14(2)12-16-8-10-17(11-9-16)19(20)13-18-7-5-4-6-15(18)3/h4-11,14,19H,12-13H2,1-3H3. The molecule has 1 unspecified atom stereocenters. The molecule has 1 atom stereocenters. The Hall–Kier alpha value is -1.27. The quantitative estimate of drug-likeness (QED) is 0.617. The van der Waals surface area contributed by atoms with Gasteiger partial charge in [-0.25, -0.2) is 0 Å². The number of benzene rings is 2. The summed E-state index contributed by atoms with van der Waals surface area (Å²) < 4.78 is 0. The lowest BCUT2D eigenvalue weighted by Crippen LogP contribution is -1.99. The number of alkyl halides is 1. The molecule has 0 heterocycles. The van der Waals surface area contributed by atoms with Crippen molar-refractivity contribution >= 4 is 11.6 Å². The van der Waals surface area contributed by atoms with E-state index in [-0.39, 0.29) is 5.38 Å². The first-order valence-corrected chi connectivity index (χ1v) is 7.77. The van der Waals surface area contributed by atoms with Gasteiger partial charge in [-0.05, 0) is 47.9 Å². The van der Waals surface area contributed by atoms with Crippen molar-refractivity contribution in [1.82, 2.24) is 0 Å². The first kappa shape index (κ1) is 15.1. The largest absolute Gasteiger partial charge is 0.117 e. The van der Waals surface area contributed by atoms with E-state index < -0.39 is 0 Å². The first-order chi connectivity index (χ1) is 9.56. The minimum absolute atomic E-state index is 0.0456. The molecule has 0 saturated heterocycles. The van der Waals surface area contributed by atoms with Crippen molar-refractivity contribution in [3.05, 3.63) is 70.8 Å². The molecule has 2 rings (SSSR count). The Bertz CT molecular complexity index is 540. The van der Waals surface area contributed by atoms with Crippen LogP contribution in [0.15, 0.2) is 48.5 Å². The molecular weight excluding hydrogens is 264 g/mol. The van der Waals surface area contributed by atoms with Crippen molar-refractivity contribution in [2.45, 2.75) is 39.0 Å². The molecule has 0 aromatic heterocycles. The fraction of sp³-hybridized carbons (Fsp3) is 0.368. The van der Waals surface area contributed by atoms with Gasteiger partial charge in [-0.15, -0.1) is 11.6 Å². The lowest BCUT2D eigenvalue weighted by molar-refractivity contribution is 0.647. The van der Waals surface area contributed by atoms with E-state index in [1.165, 1.54) is 22.3 Å². The van der Waals surface area contributed by atoms with Crippen LogP contribution in [0.5, 0.6) is 0 Å². The van der Waals surface area contributed by atoms with Crippen LogP contribution in [0, 0.1) is 12.8 Å². The fourth-order valence-corrected chi connectivity index (χ4v) is 2.80. The Morgan fingerprint density at radius 1 is 0.900 bits per heavy atom. The highest BCUT2D eigenvalue weighted by Gasteiger charge is 2.10. The van der Waals surface area contributed by atoms with Crippen LogP contribution in [-0.4, -0.2) is 0 Å². The summed E-state index contributed by atoms with van der Waals surface area (Å²) in [5.74, 6) is 0.694. The molecule has 1 heteroatoms. The molecule has 2 aromatic carbocycles. The average molecular weight is 287 g/mol. The summed E-state index contributed by atoms with van der Waals surface area (Å²) in [4.78, 5) is 0. The van der Waals surface area contributed by atoms with Gasteiger partial charge in [0.15, 0.2) is 0 Å². The molecule has 0 spiro atoms. The van der Waals surface area contributed by atoms with E-state index >= 15 is 0 Å². The lowest BCUT2D eigenvalue weighted by Gasteiger charge is -2.13. The van der Waals surface area contributed by atoms with Gasteiger partial charge in [0.2, 0.25) is 0 Å². The molecule has 20 heavy (non-hydrogen) atoms. The van der Waals surface area contributed by atoms with Gasteiger partial charge < -0.3 is 0 Å². The summed E-state index contributed by atoms with van der Waals surface area (Å²) in [7, 11) is 0. The van der Waals surface area contributed by atoms with E-state index in [1.807, 2.05) is 0 Å². The fourth-order valence-electron chi connectivity index (χ4n) is 2.48. The van der Waals surface area contributed by atoms with Crippen LogP contribution >= 0.6 is 11.6 Å². The number of hydrogen-bond acceptors (Lipinski definition) is 0. The average Bonchev–Trinajstić information content (AvgIpc) is 2.41. The minimum Gasteiger partial charge on any atom is -0.117 e. The number of aryl methyl sites for hydroxylation is 1. The number of rotatable bonds is 5. The Morgan fingerprint density at radius 3 is 2.15 bits per heavy atom. The SMILES string of the molecule is Cc1ccccc1CC(Cl)c1ccc(CC(C)C)cc1. The van der Waals surface area contributed by atoms with Gasteiger partial charge >= 0.3 is 0 Å². The zero-order chi connectivity index (χ0) is 14.5. The highest BCUT2D eigenvalue weighted by atomic mass is 35.5. The summed E-state index contributed by atoms with van der Waals surface area (Å²) in [6.45, 7) is 6.64. The van der Waals surface area contributed by atoms with E-state index in [0.29, 0.717) is 5.92 Å². The van der Waals surface area contributed by atoms with E-state index in [4.69, 9.17) is 11.6 Å². The van der Waals surface area contributed by atoms with Crippen molar-refractivity contribution in [3.63, 3.8) is 0 Å². The zero-order valence-electron chi connectivity index (χ0n) is 12.6. The monoisotopic (exact) mass is 286 g/mol. The summed E-state index contributed by atoms with van der Waals surface area (Å²) >= 11 is 6.57. The van der Waals surface area contributed by atoms with E-state index in [1.54, 1.807) is 0 Å². The third-order valence-corrected chi connectivity index (χ3v) is 4.05. The molecule has 0 fully saturated rings. The third-order valence-electron chi connectivity index (χ3n) is 3.65. The Morgan fingerprint density at radius 2 is 1.55 bits per heavy atom. The van der Waals surface area contributed by atoms with Crippen molar-refractivity contribution in [3.8, 4) is 0 Å². The van der Waals surface area contributed by atoms with E-state index in [0.717, 1.165) is 12.8 Å². The second-order valence-electron chi connectivity index (χ2n) is 5.94. The van der Waals surface area contributed by atoms with Gasteiger partial charge in [0.05, 0.1) is 5.38 Å². The predicted molar refractivity (Wildman–Crippen MR) is 88.5 cm³/mol. The molecule has 0 bridgehead atoms. The normalized spacial score (nSPS) is 12.7.